The van der Waals surface area contributed by atoms with E-state index in [1.165, 1.54) is 18.2 Å². The normalized spacial score (nSPS) is 15.3. The predicted molar refractivity (Wildman–Crippen MR) is 73.1 cm³/mol. The Labute approximate surface area is 115 Å². The van der Waals surface area contributed by atoms with Crippen molar-refractivity contribution < 1.29 is 13.3 Å². The first-order valence-electron chi connectivity index (χ1n) is 5.79. The summed E-state index contributed by atoms with van der Waals surface area (Å²) in [5.74, 6) is 0. The van der Waals surface area contributed by atoms with Gasteiger partial charge in [-0.1, -0.05) is 12.1 Å². The third-order valence-corrected chi connectivity index (χ3v) is 5.15. The molecule has 0 unspecified atom stereocenters. The van der Waals surface area contributed by atoms with Crippen molar-refractivity contribution in [2.45, 2.75) is 9.79 Å². The van der Waals surface area contributed by atoms with Crippen molar-refractivity contribution in [1.29, 1.82) is 0 Å². The molecule has 0 saturated carbocycles. The van der Waals surface area contributed by atoms with Crippen molar-refractivity contribution >= 4 is 26.9 Å². The number of sulfone groups is 1. The number of nitro benzene ring substituents is 1. The average Bonchev–Trinajstić information content (AvgIpc) is 2.44. The van der Waals surface area contributed by atoms with Crippen LogP contribution in [-0.2, 0) is 9.84 Å². The van der Waals surface area contributed by atoms with Crippen molar-refractivity contribution in [1.82, 2.24) is 0 Å². The number of non-ortho nitro benzene ring substituents is 1. The molecule has 1 aliphatic rings. The molecule has 1 heterocycles. The highest BCUT2D eigenvalue weighted by atomic mass is 32.2. The fourth-order valence-electron chi connectivity index (χ4n) is 2.32. The molecule has 0 aromatic heterocycles. The highest BCUT2D eigenvalue weighted by molar-refractivity contribution is 7.92. The second-order valence-electron chi connectivity index (χ2n) is 4.44. The van der Waals surface area contributed by atoms with Crippen LogP contribution in [0.3, 0.4) is 0 Å². The first kappa shape index (κ1) is 12.6. The van der Waals surface area contributed by atoms with Crippen LogP contribution >= 0.6 is 0 Å². The van der Waals surface area contributed by atoms with Crippen LogP contribution in [-0.4, -0.2) is 20.4 Å². The number of hydrogen-bond acceptors (Lipinski definition) is 5. The maximum atomic E-state index is 12.6. The number of rotatable bonds is 1. The Kier molecular flexibility index (Phi) is 2.55. The van der Waals surface area contributed by atoms with Gasteiger partial charge in [-0.15, -0.1) is 0 Å². The molecule has 7 heteroatoms. The van der Waals surface area contributed by atoms with Gasteiger partial charge in [0.2, 0.25) is 9.84 Å². The average molecular weight is 290 g/mol. The molecule has 3 rings (SSSR count). The molecule has 0 saturated heterocycles. The molecule has 0 N–H and O–H groups in total. The summed E-state index contributed by atoms with van der Waals surface area (Å²) in [4.78, 5) is 12.1. The van der Waals surface area contributed by atoms with Gasteiger partial charge in [-0.05, 0) is 18.2 Å². The van der Waals surface area contributed by atoms with E-state index in [2.05, 4.69) is 0 Å². The van der Waals surface area contributed by atoms with E-state index in [0.29, 0.717) is 11.4 Å². The van der Waals surface area contributed by atoms with Gasteiger partial charge in [-0.2, -0.15) is 0 Å². The minimum Gasteiger partial charge on any atom is -0.342 e. The topological polar surface area (TPSA) is 80.5 Å². The summed E-state index contributed by atoms with van der Waals surface area (Å²) in [7, 11) is -2.00. The van der Waals surface area contributed by atoms with Gasteiger partial charge in [0.1, 0.15) is 4.90 Å². The number of hydrogen-bond donors (Lipinski definition) is 0. The van der Waals surface area contributed by atoms with E-state index in [-0.39, 0.29) is 15.5 Å². The standard InChI is InChI=1S/C13H10N2O4S/c1-14-10-4-2-3-5-12(10)20(18,19)13-8-9(15(16)17)6-7-11(13)14/h2-8H,1H3. The van der Waals surface area contributed by atoms with Crippen LogP contribution in [0.25, 0.3) is 0 Å². The van der Waals surface area contributed by atoms with Gasteiger partial charge in [0.25, 0.3) is 5.69 Å². The van der Waals surface area contributed by atoms with Gasteiger partial charge >= 0.3 is 0 Å². The summed E-state index contributed by atoms with van der Waals surface area (Å²) < 4.78 is 25.1. The molecule has 6 nitrogen and oxygen atoms in total. The molecule has 2 aromatic carbocycles. The Balaban J connectivity index is 2.35. The molecule has 102 valence electrons. The molecule has 20 heavy (non-hydrogen) atoms. The lowest BCUT2D eigenvalue weighted by Gasteiger charge is -2.29. The van der Waals surface area contributed by atoms with E-state index in [4.69, 9.17) is 0 Å². The zero-order valence-electron chi connectivity index (χ0n) is 10.5. The number of para-hydroxylation sites is 1. The Hall–Kier alpha value is -2.41. The fourth-order valence-corrected chi connectivity index (χ4v) is 4.05. The second kappa shape index (κ2) is 4.04. The molecule has 0 aliphatic carbocycles. The van der Waals surface area contributed by atoms with Crippen LogP contribution in [0.5, 0.6) is 0 Å². The lowest BCUT2D eigenvalue weighted by molar-refractivity contribution is -0.385. The number of anilines is 2. The number of fused-ring (bicyclic) bond motifs is 2. The summed E-state index contributed by atoms with van der Waals surface area (Å²) in [6.45, 7) is 0. The quantitative estimate of drug-likeness (QED) is 0.595. The minimum absolute atomic E-state index is 0.0344. The zero-order chi connectivity index (χ0) is 14.5. The van der Waals surface area contributed by atoms with E-state index in [9.17, 15) is 18.5 Å². The highest BCUT2D eigenvalue weighted by Gasteiger charge is 2.33. The summed E-state index contributed by atoms with van der Waals surface area (Å²) >= 11 is 0. The SMILES string of the molecule is CN1c2ccccc2S(=O)(=O)c2cc([N+](=O)[O-])ccc21. The molecule has 0 radical (unpaired) electrons. The number of benzene rings is 2. The molecule has 0 spiro atoms. The number of nitro groups is 1. The van der Waals surface area contributed by atoms with Crippen LogP contribution in [0.15, 0.2) is 52.3 Å². The van der Waals surface area contributed by atoms with Crippen LogP contribution in [0.1, 0.15) is 0 Å². The van der Waals surface area contributed by atoms with Crippen molar-refractivity contribution in [2.24, 2.45) is 0 Å². The molecule has 0 amide bonds. The summed E-state index contributed by atoms with van der Waals surface area (Å²) in [5.41, 5.74) is 0.767. The van der Waals surface area contributed by atoms with E-state index < -0.39 is 14.8 Å². The van der Waals surface area contributed by atoms with Gasteiger partial charge in [0.15, 0.2) is 0 Å². The third-order valence-electron chi connectivity index (χ3n) is 3.32. The molecular formula is C13H10N2O4S. The second-order valence-corrected chi connectivity index (χ2v) is 6.33. The maximum absolute atomic E-state index is 12.6. The van der Waals surface area contributed by atoms with Crippen molar-refractivity contribution in [3.63, 3.8) is 0 Å². The van der Waals surface area contributed by atoms with E-state index >= 15 is 0 Å². The molecule has 0 atom stereocenters. The summed E-state index contributed by atoms with van der Waals surface area (Å²) in [5, 5.41) is 10.8. The Morgan fingerprint density at radius 1 is 1.05 bits per heavy atom. The fraction of sp³-hybridized carbons (Fsp3) is 0.0769. The lowest BCUT2D eigenvalue weighted by atomic mass is 10.2. The minimum atomic E-state index is -3.74. The molecular weight excluding hydrogens is 280 g/mol. The van der Waals surface area contributed by atoms with Crippen molar-refractivity contribution in [3.8, 4) is 0 Å². The zero-order valence-corrected chi connectivity index (χ0v) is 11.3. The lowest BCUT2D eigenvalue weighted by Crippen LogP contribution is -2.22. The van der Waals surface area contributed by atoms with Gasteiger partial charge in [0, 0.05) is 19.2 Å². The van der Waals surface area contributed by atoms with Crippen LogP contribution in [0.4, 0.5) is 17.1 Å². The smallest absolute Gasteiger partial charge is 0.270 e. The van der Waals surface area contributed by atoms with Crippen LogP contribution in [0, 0.1) is 10.1 Å². The highest BCUT2D eigenvalue weighted by Crippen LogP contribution is 2.43. The van der Waals surface area contributed by atoms with E-state index in [1.807, 2.05) is 0 Å². The van der Waals surface area contributed by atoms with Gasteiger partial charge in [-0.25, -0.2) is 8.42 Å². The predicted octanol–water partition coefficient (Wildman–Crippen LogP) is 2.51. The monoisotopic (exact) mass is 290 g/mol. The Morgan fingerprint density at radius 3 is 2.40 bits per heavy atom. The van der Waals surface area contributed by atoms with Crippen molar-refractivity contribution in [3.05, 3.63) is 52.6 Å². The van der Waals surface area contributed by atoms with Crippen LogP contribution in [0.2, 0.25) is 0 Å². The van der Waals surface area contributed by atoms with Crippen molar-refractivity contribution in [2.75, 3.05) is 11.9 Å². The number of nitrogens with zero attached hydrogens (tertiary/aromatic N) is 2. The van der Waals surface area contributed by atoms with E-state index in [1.54, 1.807) is 30.1 Å². The maximum Gasteiger partial charge on any atom is 0.270 e. The van der Waals surface area contributed by atoms with Crippen LogP contribution < -0.4 is 4.90 Å². The van der Waals surface area contributed by atoms with Gasteiger partial charge < -0.3 is 4.90 Å². The Morgan fingerprint density at radius 2 is 1.70 bits per heavy atom. The molecule has 2 aromatic rings. The molecule has 0 bridgehead atoms. The first-order valence-corrected chi connectivity index (χ1v) is 7.27. The molecule has 0 fully saturated rings. The largest absolute Gasteiger partial charge is 0.342 e. The summed E-state index contributed by atoms with van der Waals surface area (Å²) in [6, 6.07) is 10.5. The Bertz CT molecular complexity index is 830. The first-order chi connectivity index (χ1) is 9.43. The molecule has 1 aliphatic heterocycles. The van der Waals surface area contributed by atoms with Gasteiger partial charge in [-0.3, -0.25) is 10.1 Å². The van der Waals surface area contributed by atoms with E-state index in [0.717, 1.165) is 6.07 Å². The summed E-state index contributed by atoms with van der Waals surface area (Å²) in [6.07, 6.45) is 0. The third kappa shape index (κ3) is 1.60. The van der Waals surface area contributed by atoms with Gasteiger partial charge in [0.05, 0.1) is 21.2 Å².